The van der Waals surface area contributed by atoms with Crippen molar-refractivity contribution >= 4 is 63.6 Å². The van der Waals surface area contributed by atoms with E-state index in [0.29, 0.717) is 22.5 Å². The molecule has 3 rings (SSSR count). The molecule has 0 aromatic heterocycles. The molecular formula is C16H8Cl2N2O5S. The molecule has 1 fully saturated rings. The molecule has 1 N–H and O–H groups in total. The molecule has 0 bridgehead atoms. The van der Waals surface area contributed by atoms with Gasteiger partial charge < -0.3 is 5.11 Å². The zero-order chi connectivity index (χ0) is 19.0. The van der Waals surface area contributed by atoms with Gasteiger partial charge in [0.05, 0.1) is 15.5 Å². The van der Waals surface area contributed by atoms with Crippen molar-refractivity contribution in [2.75, 3.05) is 4.90 Å². The maximum atomic E-state index is 12.6. The molecule has 0 unspecified atom stereocenters. The summed E-state index contributed by atoms with van der Waals surface area (Å²) in [7, 11) is 0. The molecule has 2 amide bonds. The maximum Gasteiger partial charge on any atom is 0.312 e. The molecule has 0 radical (unpaired) electrons. The summed E-state index contributed by atoms with van der Waals surface area (Å²) in [6, 6.07) is 8.46. The first-order valence-corrected chi connectivity index (χ1v) is 8.55. The summed E-state index contributed by atoms with van der Waals surface area (Å²) in [4.78, 5) is 35.9. The zero-order valence-electron chi connectivity index (χ0n) is 12.7. The van der Waals surface area contributed by atoms with E-state index in [0.717, 1.165) is 11.0 Å². The Bertz CT molecular complexity index is 993. The Morgan fingerprint density at radius 1 is 1.15 bits per heavy atom. The van der Waals surface area contributed by atoms with Crippen molar-refractivity contribution in [1.29, 1.82) is 0 Å². The molecule has 26 heavy (non-hydrogen) atoms. The predicted octanol–water partition coefficient (Wildman–Crippen LogP) is 4.85. The highest BCUT2D eigenvalue weighted by Gasteiger charge is 2.36. The van der Waals surface area contributed by atoms with Crippen LogP contribution in [0.2, 0.25) is 10.0 Å². The Morgan fingerprint density at radius 2 is 1.88 bits per heavy atom. The Morgan fingerprint density at radius 3 is 2.54 bits per heavy atom. The molecule has 0 atom stereocenters. The second-order valence-corrected chi connectivity index (χ2v) is 6.98. The number of hydrogen-bond acceptors (Lipinski definition) is 6. The molecule has 132 valence electrons. The number of phenols is 1. The van der Waals surface area contributed by atoms with Crippen molar-refractivity contribution in [3.63, 3.8) is 0 Å². The minimum atomic E-state index is -0.795. The molecule has 0 aliphatic carbocycles. The molecule has 1 saturated heterocycles. The lowest BCUT2D eigenvalue weighted by Gasteiger charge is -2.12. The molecule has 10 heteroatoms. The first-order chi connectivity index (χ1) is 12.3. The van der Waals surface area contributed by atoms with E-state index in [1.807, 2.05) is 0 Å². The van der Waals surface area contributed by atoms with Gasteiger partial charge in [-0.15, -0.1) is 0 Å². The van der Waals surface area contributed by atoms with Crippen LogP contribution in [0.4, 0.5) is 16.2 Å². The van der Waals surface area contributed by atoms with Crippen molar-refractivity contribution in [2.45, 2.75) is 0 Å². The van der Waals surface area contributed by atoms with Crippen LogP contribution in [0.1, 0.15) is 5.56 Å². The van der Waals surface area contributed by atoms with E-state index in [4.69, 9.17) is 23.2 Å². The molecule has 1 heterocycles. The summed E-state index contributed by atoms with van der Waals surface area (Å²) < 4.78 is 0. The van der Waals surface area contributed by atoms with Crippen LogP contribution in [-0.2, 0) is 4.79 Å². The van der Waals surface area contributed by atoms with Crippen molar-refractivity contribution in [3.05, 3.63) is 67.0 Å². The van der Waals surface area contributed by atoms with Gasteiger partial charge in [-0.05, 0) is 42.1 Å². The monoisotopic (exact) mass is 410 g/mol. The number of halogens is 2. The average Bonchev–Trinajstić information content (AvgIpc) is 2.84. The van der Waals surface area contributed by atoms with Crippen molar-refractivity contribution < 1.29 is 19.6 Å². The second kappa shape index (κ2) is 6.99. The number of hydrogen-bond donors (Lipinski definition) is 1. The molecule has 2 aromatic carbocycles. The minimum absolute atomic E-state index is 0.00909. The third-order valence-corrected chi connectivity index (χ3v) is 4.75. The van der Waals surface area contributed by atoms with Crippen LogP contribution in [0, 0.1) is 10.1 Å². The van der Waals surface area contributed by atoms with Crippen molar-refractivity contribution in [3.8, 4) is 5.75 Å². The lowest BCUT2D eigenvalue weighted by atomic mass is 10.1. The summed E-state index contributed by atoms with van der Waals surface area (Å²) in [5.74, 6) is -1.28. The van der Waals surface area contributed by atoms with Gasteiger partial charge in [-0.25, -0.2) is 4.90 Å². The molecule has 1 aliphatic rings. The van der Waals surface area contributed by atoms with E-state index >= 15 is 0 Å². The fraction of sp³-hybridized carbons (Fsp3) is 0. The molecule has 0 saturated carbocycles. The van der Waals surface area contributed by atoms with Gasteiger partial charge in [0, 0.05) is 21.7 Å². The van der Waals surface area contributed by atoms with Crippen molar-refractivity contribution in [1.82, 2.24) is 0 Å². The highest BCUT2D eigenvalue weighted by Crippen LogP contribution is 2.40. The summed E-state index contributed by atoms with van der Waals surface area (Å²) in [6.45, 7) is 0. The van der Waals surface area contributed by atoms with Crippen LogP contribution < -0.4 is 4.90 Å². The fourth-order valence-corrected chi connectivity index (χ4v) is 3.54. The van der Waals surface area contributed by atoms with E-state index in [-0.39, 0.29) is 15.5 Å². The standard InChI is InChI=1S/C16H8Cl2N2O5S/c17-9-2-1-3-11(6-9)19-15(22)13(26-16(19)23)5-8-4-10(18)7-12(14(8)21)20(24)25/h1-7,21H/b13-5+. The van der Waals surface area contributed by atoms with E-state index in [9.17, 15) is 24.8 Å². The van der Waals surface area contributed by atoms with E-state index in [1.165, 1.54) is 18.2 Å². The van der Waals surface area contributed by atoms with Gasteiger partial charge in [-0.1, -0.05) is 29.3 Å². The van der Waals surface area contributed by atoms with Gasteiger partial charge in [0.1, 0.15) is 0 Å². The number of aromatic hydroxyl groups is 1. The number of anilines is 1. The minimum Gasteiger partial charge on any atom is -0.502 e. The number of nitro groups is 1. The number of thioether (sulfide) groups is 1. The molecule has 7 nitrogen and oxygen atoms in total. The Hall–Kier alpha value is -2.55. The lowest BCUT2D eigenvalue weighted by Crippen LogP contribution is -2.27. The summed E-state index contributed by atoms with van der Waals surface area (Å²) >= 11 is 12.4. The maximum absolute atomic E-state index is 12.6. The van der Waals surface area contributed by atoms with Gasteiger partial charge in [-0.3, -0.25) is 19.7 Å². The number of nitrogens with zero attached hydrogens (tertiary/aromatic N) is 2. The quantitative estimate of drug-likeness (QED) is 0.440. The van der Waals surface area contributed by atoms with Crippen molar-refractivity contribution in [2.24, 2.45) is 0 Å². The van der Waals surface area contributed by atoms with E-state index in [1.54, 1.807) is 18.2 Å². The Balaban J connectivity index is 2.03. The summed E-state index contributed by atoms with van der Waals surface area (Å²) in [5, 5.41) is 20.8. The first-order valence-electron chi connectivity index (χ1n) is 6.98. The SMILES string of the molecule is O=C1S/C(=C/c2cc(Cl)cc([N+](=O)[O-])c2O)C(=O)N1c1cccc(Cl)c1. The topological polar surface area (TPSA) is 101 Å². The van der Waals surface area contributed by atoms with Gasteiger partial charge in [-0.2, -0.15) is 0 Å². The smallest absolute Gasteiger partial charge is 0.312 e. The number of amides is 2. The molecule has 2 aromatic rings. The van der Waals surface area contributed by atoms with Crippen LogP contribution in [0.25, 0.3) is 6.08 Å². The number of carbonyl (C=O) groups excluding carboxylic acids is 2. The molecule has 1 aliphatic heterocycles. The van der Waals surface area contributed by atoms with Gasteiger partial charge >= 0.3 is 5.69 Å². The zero-order valence-corrected chi connectivity index (χ0v) is 15.0. The highest BCUT2D eigenvalue weighted by molar-refractivity contribution is 8.19. The van der Waals surface area contributed by atoms with Gasteiger partial charge in [0.15, 0.2) is 0 Å². The molecular weight excluding hydrogens is 403 g/mol. The van der Waals surface area contributed by atoms with Gasteiger partial charge in [0.2, 0.25) is 5.75 Å². The van der Waals surface area contributed by atoms with Crippen LogP contribution in [0.5, 0.6) is 5.75 Å². The predicted molar refractivity (Wildman–Crippen MR) is 99.7 cm³/mol. The normalized spacial score (nSPS) is 15.8. The number of rotatable bonds is 3. The number of phenolic OH excluding ortho intramolecular Hbond substituents is 1. The van der Waals surface area contributed by atoms with Crippen LogP contribution >= 0.6 is 35.0 Å². The van der Waals surface area contributed by atoms with Crippen LogP contribution in [-0.4, -0.2) is 21.2 Å². The Labute approximate surface area is 161 Å². The largest absolute Gasteiger partial charge is 0.502 e. The summed E-state index contributed by atoms with van der Waals surface area (Å²) in [5.41, 5.74) is -0.344. The third-order valence-electron chi connectivity index (χ3n) is 3.43. The number of benzene rings is 2. The average molecular weight is 411 g/mol. The van der Waals surface area contributed by atoms with Crippen LogP contribution in [0.3, 0.4) is 0 Å². The first kappa shape index (κ1) is 18.2. The number of imide groups is 1. The third kappa shape index (κ3) is 3.39. The fourth-order valence-electron chi connectivity index (χ4n) is 2.30. The van der Waals surface area contributed by atoms with E-state index in [2.05, 4.69) is 0 Å². The van der Waals surface area contributed by atoms with Crippen LogP contribution in [0.15, 0.2) is 41.3 Å². The number of carbonyl (C=O) groups is 2. The lowest BCUT2D eigenvalue weighted by molar-refractivity contribution is -0.385. The summed E-state index contributed by atoms with van der Waals surface area (Å²) in [6.07, 6.45) is 1.18. The molecule has 0 spiro atoms. The van der Waals surface area contributed by atoms with E-state index < -0.39 is 27.5 Å². The number of nitro benzene ring substituents is 1. The second-order valence-electron chi connectivity index (χ2n) is 5.12. The Kier molecular flexibility index (Phi) is 4.90. The highest BCUT2D eigenvalue weighted by atomic mass is 35.5. The van der Waals surface area contributed by atoms with Gasteiger partial charge in [0.25, 0.3) is 11.1 Å².